The predicted molar refractivity (Wildman–Crippen MR) is 105 cm³/mol. The number of rotatable bonds is 3. The summed E-state index contributed by atoms with van der Waals surface area (Å²) in [6.07, 6.45) is 1.35. The topological polar surface area (TPSA) is 46.6 Å². The molecular formula is C22H20ClNO3. The van der Waals surface area contributed by atoms with Gasteiger partial charge in [-0.2, -0.15) is 0 Å². The van der Waals surface area contributed by atoms with Crippen LogP contribution in [0.3, 0.4) is 0 Å². The Morgan fingerprint density at radius 3 is 1.74 bits per heavy atom. The first kappa shape index (κ1) is 17.8. The van der Waals surface area contributed by atoms with Crippen LogP contribution in [-0.2, 0) is 9.59 Å². The van der Waals surface area contributed by atoms with Crippen molar-refractivity contribution in [3.63, 3.8) is 0 Å². The van der Waals surface area contributed by atoms with Crippen molar-refractivity contribution in [1.29, 1.82) is 0 Å². The van der Waals surface area contributed by atoms with Crippen molar-refractivity contribution >= 4 is 29.1 Å². The second-order valence-electron chi connectivity index (χ2n) is 7.24. The van der Waals surface area contributed by atoms with E-state index in [1.807, 2.05) is 0 Å². The summed E-state index contributed by atoms with van der Waals surface area (Å²) in [6, 6.07) is 14.1. The van der Waals surface area contributed by atoms with E-state index in [2.05, 4.69) is 13.8 Å². The Balaban J connectivity index is 1.53. The average molecular weight is 382 g/mol. The summed E-state index contributed by atoms with van der Waals surface area (Å²) in [5.41, 5.74) is 3.05. The molecule has 4 rings (SSSR count). The summed E-state index contributed by atoms with van der Waals surface area (Å²) in [7, 11) is 0. The summed E-state index contributed by atoms with van der Waals surface area (Å²) in [4.78, 5) is 27.0. The Labute approximate surface area is 163 Å². The number of imide groups is 1. The van der Waals surface area contributed by atoms with Gasteiger partial charge in [0.05, 0.1) is 17.5 Å². The van der Waals surface area contributed by atoms with E-state index >= 15 is 0 Å². The lowest BCUT2D eigenvalue weighted by atomic mass is 9.78. The first-order chi connectivity index (χ1) is 12.9. The van der Waals surface area contributed by atoms with Crippen molar-refractivity contribution in [2.45, 2.75) is 26.7 Å². The SMILES string of the molecule is CC1=C(C)C[C@H]2C(=O)N(c3ccc(Oc4ccc(Cl)cc4)cc3)C(=O)[C@H]2C1. The van der Waals surface area contributed by atoms with E-state index in [-0.39, 0.29) is 23.7 Å². The molecule has 0 radical (unpaired) electrons. The van der Waals surface area contributed by atoms with Crippen LogP contribution in [0.4, 0.5) is 5.69 Å². The quantitative estimate of drug-likeness (QED) is 0.530. The molecule has 5 heteroatoms. The lowest BCUT2D eigenvalue weighted by Gasteiger charge is -2.23. The monoisotopic (exact) mass is 381 g/mol. The number of ether oxygens (including phenoxy) is 1. The summed E-state index contributed by atoms with van der Waals surface area (Å²) in [6.45, 7) is 4.10. The van der Waals surface area contributed by atoms with Gasteiger partial charge in [-0.15, -0.1) is 0 Å². The minimum atomic E-state index is -0.230. The van der Waals surface area contributed by atoms with Crippen LogP contribution in [-0.4, -0.2) is 11.8 Å². The number of nitrogens with zero attached hydrogens (tertiary/aromatic N) is 1. The third kappa shape index (κ3) is 3.26. The molecule has 1 fully saturated rings. The molecule has 2 atom stereocenters. The fourth-order valence-electron chi connectivity index (χ4n) is 3.81. The van der Waals surface area contributed by atoms with Crippen LogP contribution < -0.4 is 9.64 Å². The summed E-state index contributed by atoms with van der Waals surface area (Å²) < 4.78 is 5.77. The van der Waals surface area contributed by atoms with Gasteiger partial charge in [-0.05, 0) is 75.2 Å². The van der Waals surface area contributed by atoms with Crippen LogP contribution >= 0.6 is 11.6 Å². The number of benzene rings is 2. The summed E-state index contributed by atoms with van der Waals surface area (Å²) >= 11 is 5.88. The molecule has 4 nitrogen and oxygen atoms in total. The molecule has 1 heterocycles. The molecule has 0 bridgehead atoms. The largest absolute Gasteiger partial charge is 0.457 e. The highest BCUT2D eigenvalue weighted by atomic mass is 35.5. The fourth-order valence-corrected chi connectivity index (χ4v) is 3.93. The molecule has 0 aromatic heterocycles. The maximum absolute atomic E-state index is 12.8. The van der Waals surface area contributed by atoms with Crippen molar-refractivity contribution in [3.05, 3.63) is 64.7 Å². The summed E-state index contributed by atoms with van der Waals surface area (Å²) in [5.74, 6) is 0.651. The van der Waals surface area contributed by atoms with Crippen LogP contribution in [0, 0.1) is 11.8 Å². The normalized spacial score (nSPS) is 22.3. The minimum absolute atomic E-state index is 0.0942. The zero-order valence-electron chi connectivity index (χ0n) is 15.2. The maximum Gasteiger partial charge on any atom is 0.238 e. The van der Waals surface area contributed by atoms with Gasteiger partial charge in [-0.3, -0.25) is 14.5 Å². The standard InChI is InChI=1S/C22H20ClNO3/c1-13-11-19-20(12-14(13)2)22(26)24(21(19)25)16-5-9-18(10-6-16)27-17-7-3-15(23)4-8-17/h3-10,19-20H,11-12H2,1-2H3/t19-,20+. The first-order valence-electron chi connectivity index (χ1n) is 9.00. The van der Waals surface area contributed by atoms with Crippen LogP contribution in [0.2, 0.25) is 5.02 Å². The van der Waals surface area contributed by atoms with Crippen LogP contribution in [0.25, 0.3) is 0 Å². The van der Waals surface area contributed by atoms with Crippen LogP contribution in [0.15, 0.2) is 59.7 Å². The average Bonchev–Trinajstić information content (AvgIpc) is 2.89. The Morgan fingerprint density at radius 2 is 1.26 bits per heavy atom. The molecule has 2 aromatic rings. The van der Waals surface area contributed by atoms with Gasteiger partial charge >= 0.3 is 0 Å². The van der Waals surface area contributed by atoms with Crippen LogP contribution in [0.5, 0.6) is 11.5 Å². The third-order valence-corrected chi connectivity index (χ3v) is 5.74. The molecule has 138 valence electrons. The van der Waals surface area contributed by atoms with Gasteiger partial charge in [0.25, 0.3) is 0 Å². The molecule has 0 saturated carbocycles. The van der Waals surface area contributed by atoms with Gasteiger partial charge < -0.3 is 4.74 Å². The number of carbonyl (C=O) groups excluding carboxylic acids is 2. The maximum atomic E-state index is 12.8. The zero-order valence-corrected chi connectivity index (χ0v) is 16.0. The molecule has 2 aromatic carbocycles. The number of carbonyl (C=O) groups is 2. The predicted octanol–water partition coefficient (Wildman–Crippen LogP) is 5.37. The van der Waals surface area contributed by atoms with Crippen molar-refractivity contribution in [1.82, 2.24) is 0 Å². The van der Waals surface area contributed by atoms with Crippen LogP contribution in [0.1, 0.15) is 26.7 Å². The zero-order chi connectivity index (χ0) is 19.1. The van der Waals surface area contributed by atoms with Crippen molar-refractivity contribution < 1.29 is 14.3 Å². The Hall–Kier alpha value is -2.59. The van der Waals surface area contributed by atoms with E-state index in [1.165, 1.54) is 16.0 Å². The van der Waals surface area contributed by atoms with E-state index in [0.717, 1.165) is 0 Å². The lowest BCUT2D eigenvalue weighted by molar-refractivity contribution is -0.122. The fraction of sp³-hybridized carbons (Fsp3) is 0.273. The molecule has 0 spiro atoms. The molecule has 1 aliphatic heterocycles. The smallest absolute Gasteiger partial charge is 0.238 e. The second-order valence-corrected chi connectivity index (χ2v) is 7.68. The molecular weight excluding hydrogens is 362 g/mol. The third-order valence-electron chi connectivity index (χ3n) is 5.49. The Morgan fingerprint density at radius 1 is 0.815 bits per heavy atom. The Kier molecular flexibility index (Phi) is 4.52. The minimum Gasteiger partial charge on any atom is -0.457 e. The van der Waals surface area contributed by atoms with E-state index < -0.39 is 0 Å². The highest BCUT2D eigenvalue weighted by molar-refractivity contribution is 6.30. The molecule has 1 aliphatic carbocycles. The molecule has 2 amide bonds. The van der Waals surface area contributed by atoms with Crippen molar-refractivity contribution in [2.24, 2.45) is 11.8 Å². The molecule has 2 aliphatic rings. The second kappa shape index (κ2) is 6.86. The number of halogens is 1. The number of allylic oxidation sites excluding steroid dienone is 2. The number of amides is 2. The van der Waals surface area contributed by atoms with Gasteiger partial charge in [0.2, 0.25) is 11.8 Å². The molecule has 0 N–H and O–H groups in total. The van der Waals surface area contributed by atoms with Gasteiger partial charge in [0, 0.05) is 5.02 Å². The highest BCUT2D eigenvalue weighted by Gasteiger charge is 2.49. The van der Waals surface area contributed by atoms with E-state index in [4.69, 9.17) is 16.3 Å². The number of fused-ring (bicyclic) bond motifs is 1. The van der Waals surface area contributed by atoms with E-state index in [0.29, 0.717) is 35.1 Å². The number of hydrogen-bond donors (Lipinski definition) is 0. The number of anilines is 1. The number of hydrogen-bond acceptors (Lipinski definition) is 3. The van der Waals surface area contributed by atoms with Gasteiger partial charge in [-0.1, -0.05) is 22.7 Å². The van der Waals surface area contributed by atoms with Gasteiger partial charge in [0.15, 0.2) is 0 Å². The van der Waals surface area contributed by atoms with Gasteiger partial charge in [0.1, 0.15) is 11.5 Å². The lowest BCUT2D eigenvalue weighted by Crippen LogP contribution is -2.30. The van der Waals surface area contributed by atoms with Crippen molar-refractivity contribution in [2.75, 3.05) is 4.90 Å². The molecule has 1 saturated heterocycles. The Bertz CT molecular complexity index is 899. The first-order valence-corrected chi connectivity index (χ1v) is 9.38. The van der Waals surface area contributed by atoms with Gasteiger partial charge in [-0.25, -0.2) is 0 Å². The van der Waals surface area contributed by atoms with E-state index in [1.54, 1.807) is 48.5 Å². The summed E-state index contributed by atoms with van der Waals surface area (Å²) in [5, 5.41) is 0.644. The highest BCUT2D eigenvalue weighted by Crippen LogP contribution is 2.42. The molecule has 0 unspecified atom stereocenters. The van der Waals surface area contributed by atoms with E-state index in [9.17, 15) is 9.59 Å². The molecule has 27 heavy (non-hydrogen) atoms. The van der Waals surface area contributed by atoms with Crippen molar-refractivity contribution in [3.8, 4) is 11.5 Å².